The number of benzene rings is 1. The number of hydrogen-bond acceptors (Lipinski definition) is 6. The van der Waals surface area contributed by atoms with Crippen molar-refractivity contribution < 1.29 is 23.8 Å². The van der Waals surface area contributed by atoms with Crippen LogP contribution in [-0.4, -0.2) is 37.7 Å². The summed E-state index contributed by atoms with van der Waals surface area (Å²) >= 11 is 1.56. The Morgan fingerprint density at radius 3 is 2.62 bits per heavy atom. The standard InChI is InChI=1S/C20H22O5S/c1-13-10-18(14(2)26-13)19(21)12-25-20(22)15-5-7-16(8-6-15)24-11-17-4-3-9-23-17/h5-8,10,17H,3-4,9,11-12H2,1-2H3. The molecular weight excluding hydrogens is 352 g/mol. The molecule has 26 heavy (non-hydrogen) atoms. The molecule has 1 aliphatic rings. The van der Waals surface area contributed by atoms with Crippen LogP contribution in [0.5, 0.6) is 5.75 Å². The van der Waals surface area contributed by atoms with Crippen LogP contribution < -0.4 is 4.74 Å². The summed E-state index contributed by atoms with van der Waals surface area (Å²) in [5, 5.41) is 0. The number of carbonyl (C=O) groups excluding carboxylic acids is 2. The largest absolute Gasteiger partial charge is 0.491 e. The van der Waals surface area contributed by atoms with Crippen LogP contribution >= 0.6 is 11.3 Å². The first-order chi connectivity index (χ1) is 12.5. The maximum absolute atomic E-state index is 12.2. The second-order valence-electron chi connectivity index (χ2n) is 6.30. The Morgan fingerprint density at radius 2 is 2.00 bits per heavy atom. The number of thiophene rings is 1. The zero-order chi connectivity index (χ0) is 18.5. The third kappa shape index (κ3) is 4.71. The van der Waals surface area contributed by atoms with Gasteiger partial charge < -0.3 is 14.2 Å². The Labute approximate surface area is 156 Å². The summed E-state index contributed by atoms with van der Waals surface area (Å²) in [7, 11) is 0. The smallest absolute Gasteiger partial charge is 0.338 e. The van der Waals surface area contributed by atoms with E-state index >= 15 is 0 Å². The second-order valence-corrected chi connectivity index (χ2v) is 7.76. The van der Waals surface area contributed by atoms with Gasteiger partial charge >= 0.3 is 5.97 Å². The highest BCUT2D eigenvalue weighted by molar-refractivity contribution is 7.12. The highest BCUT2D eigenvalue weighted by atomic mass is 32.1. The van der Waals surface area contributed by atoms with Crippen LogP contribution in [0.25, 0.3) is 0 Å². The Kier molecular flexibility index (Phi) is 6.06. The van der Waals surface area contributed by atoms with E-state index in [2.05, 4.69) is 0 Å². The van der Waals surface area contributed by atoms with Crippen molar-refractivity contribution in [3.8, 4) is 5.75 Å². The summed E-state index contributed by atoms with van der Waals surface area (Å²) in [5.41, 5.74) is 1.01. The minimum absolute atomic E-state index is 0.148. The molecule has 2 heterocycles. The summed E-state index contributed by atoms with van der Waals surface area (Å²) in [6.07, 6.45) is 2.23. The van der Waals surface area contributed by atoms with E-state index in [-0.39, 0.29) is 18.5 Å². The van der Waals surface area contributed by atoms with E-state index in [1.807, 2.05) is 19.9 Å². The molecule has 0 radical (unpaired) electrons. The van der Waals surface area contributed by atoms with Crippen LogP contribution in [0.2, 0.25) is 0 Å². The van der Waals surface area contributed by atoms with E-state index < -0.39 is 5.97 Å². The van der Waals surface area contributed by atoms with E-state index in [0.29, 0.717) is 23.5 Å². The van der Waals surface area contributed by atoms with Crippen molar-refractivity contribution in [2.24, 2.45) is 0 Å². The zero-order valence-electron chi connectivity index (χ0n) is 14.9. The fourth-order valence-electron chi connectivity index (χ4n) is 2.85. The molecule has 1 unspecified atom stereocenters. The molecule has 3 rings (SSSR count). The molecular formula is C20H22O5S. The highest BCUT2D eigenvalue weighted by Gasteiger charge is 2.17. The Bertz CT molecular complexity index is 772. The molecule has 0 bridgehead atoms. The lowest BCUT2D eigenvalue weighted by molar-refractivity contribution is 0.0474. The van der Waals surface area contributed by atoms with Gasteiger partial charge in [-0.15, -0.1) is 11.3 Å². The van der Waals surface area contributed by atoms with Crippen molar-refractivity contribution in [3.63, 3.8) is 0 Å². The van der Waals surface area contributed by atoms with Gasteiger partial charge in [0.05, 0.1) is 11.7 Å². The lowest BCUT2D eigenvalue weighted by atomic mass is 10.1. The first-order valence-corrected chi connectivity index (χ1v) is 9.46. The van der Waals surface area contributed by atoms with Gasteiger partial charge in [-0.3, -0.25) is 4.79 Å². The summed E-state index contributed by atoms with van der Waals surface area (Å²) in [4.78, 5) is 26.3. The molecule has 2 aromatic rings. The normalized spacial score (nSPS) is 16.5. The predicted molar refractivity (Wildman–Crippen MR) is 99.3 cm³/mol. The molecule has 1 saturated heterocycles. The molecule has 1 aliphatic heterocycles. The summed E-state index contributed by atoms with van der Waals surface area (Å²) < 4.78 is 16.3. The van der Waals surface area contributed by atoms with Crippen molar-refractivity contribution >= 4 is 23.1 Å². The third-order valence-electron chi connectivity index (χ3n) is 4.23. The SMILES string of the molecule is Cc1cc(C(=O)COC(=O)c2ccc(OCC3CCCO3)cc2)c(C)s1. The molecule has 0 N–H and O–H groups in total. The van der Waals surface area contributed by atoms with Crippen molar-refractivity contribution in [1.82, 2.24) is 0 Å². The van der Waals surface area contributed by atoms with Gasteiger partial charge in [0.2, 0.25) is 5.78 Å². The van der Waals surface area contributed by atoms with Crippen LogP contribution in [0, 0.1) is 13.8 Å². The molecule has 0 spiro atoms. The lowest BCUT2D eigenvalue weighted by Crippen LogP contribution is -2.16. The monoisotopic (exact) mass is 374 g/mol. The van der Waals surface area contributed by atoms with E-state index in [4.69, 9.17) is 14.2 Å². The van der Waals surface area contributed by atoms with Crippen LogP contribution in [0.15, 0.2) is 30.3 Å². The number of hydrogen-bond donors (Lipinski definition) is 0. The predicted octanol–water partition coefficient (Wildman–Crippen LogP) is 3.96. The van der Waals surface area contributed by atoms with Gasteiger partial charge in [0, 0.05) is 21.9 Å². The number of ketones is 1. The van der Waals surface area contributed by atoms with E-state index in [0.717, 1.165) is 29.2 Å². The fraction of sp³-hybridized carbons (Fsp3) is 0.400. The topological polar surface area (TPSA) is 61.8 Å². The van der Waals surface area contributed by atoms with Crippen LogP contribution in [0.4, 0.5) is 0 Å². The number of ether oxygens (including phenoxy) is 3. The van der Waals surface area contributed by atoms with E-state index in [1.54, 1.807) is 35.6 Å². The lowest BCUT2D eigenvalue weighted by Gasteiger charge is -2.11. The Morgan fingerprint density at radius 1 is 1.23 bits per heavy atom. The van der Waals surface area contributed by atoms with E-state index in [1.165, 1.54) is 0 Å². The number of carbonyl (C=O) groups is 2. The van der Waals surface area contributed by atoms with Gasteiger partial charge in [0.1, 0.15) is 12.4 Å². The molecule has 0 amide bonds. The summed E-state index contributed by atoms with van der Waals surface area (Å²) in [6, 6.07) is 8.55. The number of Topliss-reactive ketones (excluding diaryl/α,β-unsaturated/α-hetero) is 1. The van der Waals surface area contributed by atoms with Gasteiger partial charge in [-0.2, -0.15) is 0 Å². The quantitative estimate of drug-likeness (QED) is 0.542. The minimum atomic E-state index is -0.520. The molecule has 5 nitrogen and oxygen atoms in total. The van der Waals surface area contributed by atoms with Gasteiger partial charge in [-0.05, 0) is 57.0 Å². The fourth-order valence-corrected chi connectivity index (χ4v) is 3.79. The molecule has 138 valence electrons. The van der Waals surface area contributed by atoms with Gasteiger partial charge in [-0.25, -0.2) is 4.79 Å². The van der Waals surface area contributed by atoms with Crippen molar-refractivity contribution in [3.05, 3.63) is 51.2 Å². The van der Waals surface area contributed by atoms with Crippen LogP contribution in [-0.2, 0) is 9.47 Å². The molecule has 1 fully saturated rings. The van der Waals surface area contributed by atoms with Crippen LogP contribution in [0.3, 0.4) is 0 Å². The van der Waals surface area contributed by atoms with Crippen molar-refractivity contribution in [2.45, 2.75) is 32.8 Å². The summed E-state index contributed by atoms with van der Waals surface area (Å²) in [6.45, 7) is 4.89. The first kappa shape index (κ1) is 18.6. The van der Waals surface area contributed by atoms with Gasteiger partial charge in [0.15, 0.2) is 6.61 Å². The first-order valence-electron chi connectivity index (χ1n) is 8.65. The van der Waals surface area contributed by atoms with Gasteiger partial charge in [0.25, 0.3) is 0 Å². The zero-order valence-corrected chi connectivity index (χ0v) is 15.8. The molecule has 6 heteroatoms. The molecule has 1 aromatic carbocycles. The Hall–Kier alpha value is -2.18. The maximum Gasteiger partial charge on any atom is 0.338 e. The number of esters is 1. The minimum Gasteiger partial charge on any atom is -0.491 e. The molecule has 0 aliphatic carbocycles. The average molecular weight is 374 g/mol. The highest BCUT2D eigenvalue weighted by Crippen LogP contribution is 2.21. The summed E-state index contributed by atoms with van der Waals surface area (Å²) in [5.74, 6) is -0.0251. The van der Waals surface area contributed by atoms with Crippen molar-refractivity contribution in [1.29, 1.82) is 0 Å². The second kappa shape index (κ2) is 8.47. The maximum atomic E-state index is 12.2. The molecule has 0 saturated carbocycles. The van der Waals surface area contributed by atoms with E-state index in [9.17, 15) is 9.59 Å². The molecule has 1 atom stereocenters. The Balaban J connectivity index is 1.49. The van der Waals surface area contributed by atoms with Crippen LogP contribution in [0.1, 0.15) is 43.3 Å². The molecule has 1 aromatic heterocycles. The third-order valence-corrected chi connectivity index (χ3v) is 5.19. The average Bonchev–Trinajstić information content (AvgIpc) is 3.27. The van der Waals surface area contributed by atoms with Gasteiger partial charge in [-0.1, -0.05) is 0 Å². The number of aryl methyl sites for hydroxylation is 2. The number of rotatable bonds is 7. The van der Waals surface area contributed by atoms with Crippen molar-refractivity contribution in [2.75, 3.05) is 19.8 Å².